The van der Waals surface area contributed by atoms with Crippen molar-refractivity contribution in [1.29, 1.82) is 0 Å². The highest BCUT2D eigenvalue weighted by molar-refractivity contribution is 7.90. The first-order valence-corrected chi connectivity index (χ1v) is 12.8. The maximum Gasteiger partial charge on any atom is 0.412 e. The van der Waals surface area contributed by atoms with E-state index in [9.17, 15) is 22.8 Å². The summed E-state index contributed by atoms with van der Waals surface area (Å²) in [5.74, 6) is -0.928. The van der Waals surface area contributed by atoms with E-state index in [4.69, 9.17) is 9.15 Å². The molecule has 0 unspecified atom stereocenters. The van der Waals surface area contributed by atoms with E-state index < -0.39 is 27.7 Å². The van der Waals surface area contributed by atoms with Gasteiger partial charge in [-0.15, -0.1) is 0 Å². The van der Waals surface area contributed by atoms with Crippen molar-refractivity contribution in [2.24, 2.45) is 0 Å². The Hall–Kier alpha value is -4.01. The zero-order chi connectivity index (χ0) is 28.0. The van der Waals surface area contributed by atoms with E-state index in [0.29, 0.717) is 10.9 Å². The molecular weight excluding hydrogens is 521 g/mol. The summed E-state index contributed by atoms with van der Waals surface area (Å²) in [6.07, 6.45) is -0.939. The minimum atomic E-state index is -3.98. The molecule has 0 aliphatic heterocycles. The number of amides is 2. The number of halogens is 1. The second-order valence-corrected chi connectivity index (χ2v) is 9.92. The Morgan fingerprint density at radius 2 is 1.84 bits per heavy atom. The minimum absolute atomic E-state index is 0.0261. The highest BCUT2D eigenvalue weighted by Crippen LogP contribution is 2.28. The zero-order valence-electron chi connectivity index (χ0n) is 21.2. The summed E-state index contributed by atoms with van der Waals surface area (Å²) in [5.41, 5.74) is -0.366. The van der Waals surface area contributed by atoms with Crippen molar-refractivity contribution in [3.63, 3.8) is 0 Å². The molecular formula is C24H28FN5O7S. The van der Waals surface area contributed by atoms with E-state index in [1.165, 1.54) is 49.3 Å². The third kappa shape index (κ3) is 6.85. The summed E-state index contributed by atoms with van der Waals surface area (Å²) in [6, 6.07) is 8.58. The van der Waals surface area contributed by atoms with Crippen LogP contribution in [0, 0.1) is 5.82 Å². The first-order valence-electron chi connectivity index (χ1n) is 11.3. The van der Waals surface area contributed by atoms with E-state index in [1.54, 1.807) is 20.2 Å². The molecule has 1 heterocycles. The lowest BCUT2D eigenvalue weighted by molar-refractivity contribution is -0.127. The summed E-state index contributed by atoms with van der Waals surface area (Å²) < 4.78 is 53.7. The molecule has 0 saturated heterocycles. The van der Waals surface area contributed by atoms with Gasteiger partial charge in [0.15, 0.2) is 5.82 Å². The Morgan fingerprint density at radius 1 is 1.11 bits per heavy atom. The zero-order valence-corrected chi connectivity index (χ0v) is 22.0. The van der Waals surface area contributed by atoms with Gasteiger partial charge in [-0.1, -0.05) is 12.1 Å². The normalized spacial score (nSPS) is 11.3. The average molecular weight is 550 g/mol. The van der Waals surface area contributed by atoms with Gasteiger partial charge >= 0.3 is 11.7 Å². The summed E-state index contributed by atoms with van der Waals surface area (Å²) in [6.45, 7) is 0.0298. The van der Waals surface area contributed by atoms with Gasteiger partial charge in [-0.05, 0) is 29.3 Å². The van der Waals surface area contributed by atoms with Gasteiger partial charge in [0.2, 0.25) is 5.91 Å². The molecule has 0 bridgehead atoms. The second kappa shape index (κ2) is 12.0. The standard InChI is InChI=1S/C24H28FN5O7S/c1-26-24(33)36-15-8-9-16-18(12-28-13-21(31)30(3)4)17(23(32)37-20(16)11-15)10-14-6-5-7-19(22(14)25)29-38(34,35)27-2/h5-9,11,27-29H,10,12-13H2,1-4H3,(H,26,33). The van der Waals surface area contributed by atoms with Crippen LogP contribution in [0.4, 0.5) is 14.9 Å². The summed E-state index contributed by atoms with van der Waals surface area (Å²) >= 11 is 0. The van der Waals surface area contributed by atoms with E-state index >= 15 is 4.39 Å². The van der Waals surface area contributed by atoms with Crippen molar-refractivity contribution in [2.75, 3.05) is 39.5 Å². The monoisotopic (exact) mass is 549 g/mol. The molecule has 2 aromatic carbocycles. The number of likely N-dealkylation sites (N-methyl/N-ethyl adjacent to an activating group) is 1. The number of carbonyl (C=O) groups excluding carboxylic acids is 2. The van der Waals surface area contributed by atoms with Gasteiger partial charge < -0.3 is 24.7 Å². The van der Waals surface area contributed by atoms with Gasteiger partial charge in [0.1, 0.15) is 11.3 Å². The minimum Gasteiger partial charge on any atom is -0.422 e. The van der Waals surface area contributed by atoms with Gasteiger partial charge in [-0.2, -0.15) is 8.42 Å². The molecule has 0 radical (unpaired) electrons. The first kappa shape index (κ1) is 28.6. The quantitative estimate of drug-likeness (QED) is 0.276. The SMILES string of the molecule is CNC(=O)Oc1ccc2c(CNCC(=O)N(C)C)c(Cc3cccc(NS(=O)(=O)NC)c3F)c(=O)oc2c1. The lowest BCUT2D eigenvalue weighted by Crippen LogP contribution is -2.33. The molecule has 2 amide bonds. The third-order valence-electron chi connectivity index (χ3n) is 5.54. The average Bonchev–Trinajstić information content (AvgIpc) is 2.87. The van der Waals surface area contributed by atoms with Crippen molar-refractivity contribution < 1.29 is 31.6 Å². The molecule has 3 rings (SSSR count). The fourth-order valence-corrected chi connectivity index (χ4v) is 4.07. The number of anilines is 1. The maximum absolute atomic E-state index is 15.2. The van der Waals surface area contributed by atoms with Crippen molar-refractivity contribution >= 4 is 38.9 Å². The first-order chi connectivity index (χ1) is 18.0. The largest absolute Gasteiger partial charge is 0.422 e. The van der Waals surface area contributed by atoms with Crippen molar-refractivity contribution in [1.82, 2.24) is 20.3 Å². The van der Waals surface area contributed by atoms with Crippen molar-refractivity contribution in [2.45, 2.75) is 13.0 Å². The van der Waals surface area contributed by atoms with Crippen LogP contribution >= 0.6 is 0 Å². The number of nitrogens with zero attached hydrogens (tertiary/aromatic N) is 1. The maximum atomic E-state index is 15.2. The van der Waals surface area contributed by atoms with Crippen LogP contribution in [0.1, 0.15) is 16.7 Å². The van der Waals surface area contributed by atoms with Crippen LogP contribution < -0.4 is 30.4 Å². The van der Waals surface area contributed by atoms with Gasteiger partial charge in [-0.25, -0.2) is 18.7 Å². The molecule has 4 N–H and O–H groups in total. The Bertz CT molecular complexity index is 1520. The number of hydrogen-bond acceptors (Lipinski definition) is 8. The molecule has 0 spiro atoms. The number of fused-ring (bicyclic) bond motifs is 1. The fourth-order valence-electron chi connectivity index (χ4n) is 3.52. The molecule has 1 aromatic heterocycles. The molecule has 0 saturated carbocycles. The number of rotatable bonds is 10. The van der Waals surface area contributed by atoms with E-state index in [1.807, 2.05) is 4.72 Å². The van der Waals surface area contributed by atoms with Crippen molar-refractivity contribution in [3.05, 3.63) is 69.3 Å². The lowest BCUT2D eigenvalue weighted by atomic mass is 9.97. The molecule has 0 aliphatic carbocycles. The fraction of sp³-hybridized carbons (Fsp3) is 0.292. The van der Waals surface area contributed by atoms with Crippen LogP contribution in [0.2, 0.25) is 0 Å². The Labute approximate surface area is 218 Å². The van der Waals surface area contributed by atoms with Crippen LogP contribution in [-0.4, -0.2) is 60.1 Å². The number of nitrogens with one attached hydrogen (secondary N) is 4. The Kier molecular flexibility index (Phi) is 9.04. The number of benzene rings is 2. The lowest BCUT2D eigenvalue weighted by Gasteiger charge is -2.16. The predicted octanol–water partition coefficient (Wildman–Crippen LogP) is 1.29. The van der Waals surface area contributed by atoms with Gasteiger partial charge in [-0.3, -0.25) is 9.52 Å². The van der Waals surface area contributed by atoms with Crippen LogP contribution in [0.15, 0.2) is 45.6 Å². The van der Waals surface area contributed by atoms with Crippen LogP contribution in [0.5, 0.6) is 5.75 Å². The molecule has 3 aromatic rings. The number of ether oxygens (including phenoxy) is 1. The van der Waals surface area contributed by atoms with Crippen LogP contribution in [-0.2, 0) is 28.0 Å². The Balaban J connectivity index is 2.07. The van der Waals surface area contributed by atoms with Crippen molar-refractivity contribution in [3.8, 4) is 5.75 Å². The molecule has 0 atom stereocenters. The van der Waals surface area contributed by atoms with E-state index in [-0.39, 0.29) is 53.6 Å². The van der Waals surface area contributed by atoms with Crippen LogP contribution in [0.3, 0.4) is 0 Å². The van der Waals surface area contributed by atoms with E-state index in [2.05, 4.69) is 15.4 Å². The molecule has 0 fully saturated rings. The van der Waals surface area contributed by atoms with Crippen LogP contribution in [0.25, 0.3) is 11.0 Å². The highest BCUT2D eigenvalue weighted by Gasteiger charge is 2.20. The molecule has 38 heavy (non-hydrogen) atoms. The van der Waals surface area contributed by atoms with Gasteiger partial charge in [0.05, 0.1) is 12.2 Å². The molecule has 204 valence electrons. The molecule has 12 nitrogen and oxygen atoms in total. The predicted molar refractivity (Wildman–Crippen MR) is 139 cm³/mol. The summed E-state index contributed by atoms with van der Waals surface area (Å²) in [7, 11) is 1.80. The number of hydrogen-bond donors (Lipinski definition) is 4. The highest BCUT2D eigenvalue weighted by atomic mass is 32.2. The summed E-state index contributed by atoms with van der Waals surface area (Å²) in [5, 5.41) is 5.78. The second-order valence-electron chi connectivity index (χ2n) is 8.30. The smallest absolute Gasteiger partial charge is 0.412 e. The third-order valence-corrected chi connectivity index (χ3v) is 6.57. The van der Waals surface area contributed by atoms with Gasteiger partial charge in [0, 0.05) is 58.2 Å². The summed E-state index contributed by atoms with van der Waals surface area (Å²) in [4.78, 5) is 38.1. The number of carbonyl (C=O) groups is 2. The molecule has 0 aliphatic rings. The van der Waals surface area contributed by atoms with E-state index in [0.717, 1.165) is 0 Å². The topological polar surface area (TPSA) is 159 Å². The van der Waals surface area contributed by atoms with Gasteiger partial charge in [0.25, 0.3) is 10.2 Å². The Morgan fingerprint density at radius 3 is 2.50 bits per heavy atom. The molecule has 14 heteroatoms.